The zero-order valence-corrected chi connectivity index (χ0v) is 9.48. The van der Waals surface area contributed by atoms with Crippen LogP contribution in [0.5, 0.6) is 0 Å². The molecule has 8 heteroatoms. The van der Waals surface area contributed by atoms with Crippen LogP contribution in [0.1, 0.15) is 13.8 Å². The SMILES string of the molecule is CCOC(=O)C(SC(F)(F)F)C(=O)OCC. The van der Waals surface area contributed by atoms with Gasteiger partial charge in [-0.2, -0.15) is 13.2 Å². The Kier molecular flexibility index (Phi) is 6.24. The third-order valence-electron chi connectivity index (χ3n) is 1.25. The van der Waals surface area contributed by atoms with Gasteiger partial charge < -0.3 is 9.47 Å². The summed E-state index contributed by atoms with van der Waals surface area (Å²) in [6.07, 6.45) is 0. The topological polar surface area (TPSA) is 52.6 Å². The predicted molar refractivity (Wildman–Crippen MR) is 50.7 cm³/mol. The fourth-order valence-electron chi connectivity index (χ4n) is 0.762. The highest BCUT2D eigenvalue weighted by molar-refractivity contribution is 8.02. The van der Waals surface area contributed by atoms with E-state index in [1.54, 1.807) is 0 Å². The molecule has 16 heavy (non-hydrogen) atoms. The largest absolute Gasteiger partial charge is 0.465 e. The number of carbonyl (C=O) groups is 2. The zero-order valence-electron chi connectivity index (χ0n) is 8.67. The summed E-state index contributed by atoms with van der Waals surface area (Å²) in [4.78, 5) is 22.2. The fourth-order valence-corrected chi connectivity index (χ4v) is 1.36. The normalized spacial score (nSPS) is 11.4. The number of halogens is 3. The smallest absolute Gasteiger partial charge is 0.443 e. The molecule has 0 saturated carbocycles. The third kappa shape index (κ3) is 5.84. The van der Waals surface area contributed by atoms with Crippen molar-refractivity contribution in [3.05, 3.63) is 0 Å². The van der Waals surface area contributed by atoms with Gasteiger partial charge in [0.15, 0.2) is 0 Å². The third-order valence-corrected chi connectivity index (χ3v) is 2.14. The first-order valence-corrected chi connectivity index (χ1v) is 5.27. The quantitative estimate of drug-likeness (QED) is 0.556. The Labute approximate surface area is 94.5 Å². The van der Waals surface area contributed by atoms with E-state index in [-0.39, 0.29) is 13.2 Å². The summed E-state index contributed by atoms with van der Waals surface area (Å²) in [5.41, 5.74) is -4.70. The van der Waals surface area contributed by atoms with Crippen LogP contribution in [-0.2, 0) is 19.1 Å². The first-order chi connectivity index (χ1) is 7.31. The zero-order chi connectivity index (χ0) is 12.8. The molecule has 0 aromatic carbocycles. The molecule has 0 saturated heterocycles. The van der Waals surface area contributed by atoms with Crippen molar-refractivity contribution in [2.24, 2.45) is 0 Å². The predicted octanol–water partition coefficient (Wildman–Crippen LogP) is 1.73. The highest BCUT2D eigenvalue weighted by atomic mass is 32.2. The van der Waals surface area contributed by atoms with E-state index < -0.39 is 34.5 Å². The van der Waals surface area contributed by atoms with Crippen molar-refractivity contribution in [3.63, 3.8) is 0 Å². The van der Waals surface area contributed by atoms with Crippen LogP contribution in [0.4, 0.5) is 13.2 Å². The average Bonchev–Trinajstić information content (AvgIpc) is 2.13. The van der Waals surface area contributed by atoms with Gasteiger partial charge in [0.25, 0.3) is 0 Å². The van der Waals surface area contributed by atoms with Gasteiger partial charge >= 0.3 is 17.4 Å². The number of rotatable bonds is 5. The number of hydrogen-bond donors (Lipinski definition) is 0. The summed E-state index contributed by atoms with van der Waals surface area (Å²) in [6, 6.07) is 0. The number of hydrogen-bond acceptors (Lipinski definition) is 5. The van der Waals surface area contributed by atoms with Gasteiger partial charge in [-0.1, -0.05) is 0 Å². The molecule has 0 rings (SSSR count). The standard InChI is InChI=1S/C8H11F3O4S/c1-3-14-6(12)5(7(13)15-4-2)16-8(9,10)11/h5H,3-4H2,1-2H3. The molecule has 0 aliphatic heterocycles. The molecule has 0 amide bonds. The van der Waals surface area contributed by atoms with Crippen LogP contribution in [0.3, 0.4) is 0 Å². The molecule has 0 radical (unpaired) electrons. The molecular weight excluding hydrogens is 249 g/mol. The first-order valence-electron chi connectivity index (χ1n) is 4.39. The molecule has 0 aliphatic rings. The van der Waals surface area contributed by atoms with Crippen LogP contribution in [0.15, 0.2) is 0 Å². The molecule has 0 aromatic rings. The van der Waals surface area contributed by atoms with Crippen molar-refractivity contribution >= 4 is 23.7 Å². The van der Waals surface area contributed by atoms with Gasteiger partial charge in [-0.15, -0.1) is 0 Å². The summed E-state index contributed by atoms with van der Waals surface area (Å²) in [5, 5.41) is -2.01. The molecular formula is C8H11F3O4S. The highest BCUT2D eigenvalue weighted by Crippen LogP contribution is 2.35. The molecule has 0 fully saturated rings. The maximum atomic E-state index is 12.1. The Morgan fingerprint density at radius 3 is 1.75 bits per heavy atom. The molecule has 4 nitrogen and oxygen atoms in total. The lowest BCUT2D eigenvalue weighted by Crippen LogP contribution is -2.33. The van der Waals surface area contributed by atoms with Crippen LogP contribution in [0.2, 0.25) is 0 Å². The molecule has 0 spiro atoms. The second-order valence-corrected chi connectivity index (χ2v) is 3.62. The van der Waals surface area contributed by atoms with E-state index in [2.05, 4.69) is 9.47 Å². The molecule has 0 aromatic heterocycles. The lowest BCUT2D eigenvalue weighted by Gasteiger charge is -2.15. The first kappa shape index (κ1) is 15.1. The van der Waals surface area contributed by atoms with Crippen molar-refractivity contribution in [1.29, 1.82) is 0 Å². The van der Waals surface area contributed by atoms with Crippen molar-refractivity contribution < 1.29 is 32.2 Å². The molecule has 0 unspecified atom stereocenters. The summed E-state index contributed by atoms with van der Waals surface area (Å²) in [7, 11) is 0. The minimum atomic E-state index is -4.70. The van der Waals surface area contributed by atoms with Gasteiger partial charge in [0.1, 0.15) is 0 Å². The molecule has 0 atom stereocenters. The maximum absolute atomic E-state index is 12.1. The van der Waals surface area contributed by atoms with Crippen molar-refractivity contribution in [2.75, 3.05) is 13.2 Å². The van der Waals surface area contributed by atoms with Crippen LogP contribution in [-0.4, -0.2) is 35.9 Å². The monoisotopic (exact) mass is 260 g/mol. The number of thioether (sulfide) groups is 1. The van der Waals surface area contributed by atoms with Crippen molar-refractivity contribution in [1.82, 2.24) is 0 Å². The molecule has 0 aliphatic carbocycles. The Balaban J connectivity index is 4.62. The summed E-state index contributed by atoms with van der Waals surface area (Å²) < 4.78 is 44.9. The van der Waals surface area contributed by atoms with Gasteiger partial charge in [0.05, 0.1) is 13.2 Å². The fraction of sp³-hybridized carbons (Fsp3) is 0.750. The van der Waals surface area contributed by atoms with E-state index in [1.165, 1.54) is 13.8 Å². The van der Waals surface area contributed by atoms with Crippen LogP contribution in [0.25, 0.3) is 0 Å². The van der Waals surface area contributed by atoms with Crippen molar-refractivity contribution in [3.8, 4) is 0 Å². The lowest BCUT2D eigenvalue weighted by molar-refractivity contribution is -0.153. The minimum absolute atomic E-state index is 0.104. The second kappa shape index (κ2) is 6.62. The van der Waals surface area contributed by atoms with E-state index in [4.69, 9.17) is 0 Å². The van der Waals surface area contributed by atoms with Crippen LogP contribution >= 0.6 is 11.8 Å². The van der Waals surface area contributed by atoms with E-state index in [0.717, 1.165) is 0 Å². The van der Waals surface area contributed by atoms with Crippen LogP contribution in [0, 0.1) is 0 Å². The number of carbonyl (C=O) groups excluding carboxylic acids is 2. The molecule has 0 N–H and O–H groups in total. The minimum Gasteiger partial charge on any atom is -0.465 e. The van der Waals surface area contributed by atoms with Gasteiger partial charge in [-0.05, 0) is 25.6 Å². The Hall–Kier alpha value is -0.920. The average molecular weight is 260 g/mol. The molecule has 0 bridgehead atoms. The molecule has 0 heterocycles. The Morgan fingerprint density at radius 1 is 1.12 bits per heavy atom. The second-order valence-electron chi connectivity index (χ2n) is 2.45. The van der Waals surface area contributed by atoms with E-state index in [0.29, 0.717) is 0 Å². The van der Waals surface area contributed by atoms with E-state index in [1.807, 2.05) is 0 Å². The highest BCUT2D eigenvalue weighted by Gasteiger charge is 2.42. The lowest BCUT2D eigenvalue weighted by atomic mass is 10.4. The van der Waals surface area contributed by atoms with Gasteiger partial charge in [0, 0.05) is 0 Å². The van der Waals surface area contributed by atoms with Crippen LogP contribution < -0.4 is 0 Å². The van der Waals surface area contributed by atoms with Crippen molar-refractivity contribution in [2.45, 2.75) is 24.6 Å². The Morgan fingerprint density at radius 2 is 1.50 bits per heavy atom. The number of ether oxygens (including phenoxy) is 2. The van der Waals surface area contributed by atoms with E-state index in [9.17, 15) is 22.8 Å². The summed E-state index contributed by atoms with van der Waals surface area (Å²) in [5.74, 6) is -2.49. The maximum Gasteiger partial charge on any atom is 0.443 e. The molecule has 94 valence electrons. The summed E-state index contributed by atoms with van der Waals surface area (Å²) >= 11 is -0.751. The van der Waals surface area contributed by atoms with Gasteiger partial charge in [-0.25, -0.2) is 0 Å². The Bertz CT molecular complexity index is 236. The van der Waals surface area contributed by atoms with Gasteiger partial charge in [-0.3, -0.25) is 9.59 Å². The number of alkyl halides is 3. The van der Waals surface area contributed by atoms with Gasteiger partial charge in [0.2, 0.25) is 5.25 Å². The number of esters is 2. The van der Waals surface area contributed by atoms with E-state index >= 15 is 0 Å². The summed E-state index contributed by atoms with van der Waals surface area (Å²) in [6.45, 7) is 2.65.